The molecule has 0 aliphatic carbocycles. The third kappa shape index (κ3) is 4.27. The Kier molecular flexibility index (Phi) is 5.34. The smallest absolute Gasteiger partial charge is 0.131 e. The van der Waals surface area contributed by atoms with Gasteiger partial charge in [-0.25, -0.2) is 4.99 Å². The summed E-state index contributed by atoms with van der Waals surface area (Å²) in [5, 5.41) is 7.08. The lowest BCUT2D eigenvalue weighted by atomic mass is 9.97. The van der Waals surface area contributed by atoms with E-state index in [4.69, 9.17) is 4.99 Å². The number of amidine groups is 1. The van der Waals surface area contributed by atoms with Crippen LogP contribution >= 0.6 is 0 Å². The average molecular weight is 404 g/mol. The highest BCUT2D eigenvalue weighted by atomic mass is 15.3. The Hall–Kier alpha value is -3.69. The van der Waals surface area contributed by atoms with E-state index in [-0.39, 0.29) is 12.3 Å². The first-order chi connectivity index (χ1) is 15.3. The molecule has 2 atom stereocenters. The van der Waals surface area contributed by atoms with E-state index >= 15 is 0 Å². The fourth-order valence-electron chi connectivity index (χ4n) is 4.03. The first kappa shape index (κ1) is 19.3. The second-order valence-electron chi connectivity index (χ2n) is 7.84. The average Bonchev–Trinajstić information content (AvgIpc) is 2.85. The van der Waals surface area contributed by atoms with Crippen molar-refractivity contribution in [2.24, 2.45) is 4.99 Å². The second kappa shape index (κ2) is 8.58. The molecule has 0 radical (unpaired) electrons. The predicted molar refractivity (Wildman–Crippen MR) is 129 cm³/mol. The van der Waals surface area contributed by atoms with E-state index in [2.05, 4.69) is 115 Å². The molecule has 0 fully saturated rings. The summed E-state index contributed by atoms with van der Waals surface area (Å²) in [5.74, 6) is 0.918. The van der Waals surface area contributed by atoms with Crippen LogP contribution in [0.4, 0.5) is 0 Å². The maximum absolute atomic E-state index is 4.82. The van der Waals surface area contributed by atoms with Gasteiger partial charge in [0.1, 0.15) is 18.2 Å². The van der Waals surface area contributed by atoms with Crippen LogP contribution < -0.4 is 10.6 Å². The zero-order chi connectivity index (χ0) is 21.0. The molecule has 2 N–H and O–H groups in total. The molecule has 0 bridgehead atoms. The van der Waals surface area contributed by atoms with Crippen molar-refractivity contribution in [3.05, 3.63) is 120 Å². The minimum absolute atomic E-state index is 0.0338. The number of hydrogen-bond acceptors (Lipinski definition) is 3. The van der Waals surface area contributed by atoms with Gasteiger partial charge in [0, 0.05) is 5.56 Å². The highest BCUT2D eigenvalue weighted by molar-refractivity contribution is 6.00. The van der Waals surface area contributed by atoms with Crippen LogP contribution in [0.2, 0.25) is 0 Å². The molecule has 0 saturated heterocycles. The molecule has 1 aliphatic heterocycles. The van der Waals surface area contributed by atoms with Gasteiger partial charge in [-0.1, -0.05) is 97.1 Å². The molecule has 0 saturated carbocycles. The lowest BCUT2D eigenvalue weighted by Crippen LogP contribution is -2.47. The molecule has 1 aliphatic rings. The highest BCUT2D eigenvalue weighted by Crippen LogP contribution is 2.27. The van der Waals surface area contributed by atoms with Gasteiger partial charge >= 0.3 is 0 Å². The molecule has 0 aromatic heterocycles. The first-order valence-corrected chi connectivity index (χ1v) is 10.7. The summed E-state index contributed by atoms with van der Waals surface area (Å²) in [4.78, 5) is 4.82. The van der Waals surface area contributed by atoms with Gasteiger partial charge in [-0.15, -0.1) is 0 Å². The fourth-order valence-corrected chi connectivity index (χ4v) is 4.03. The van der Waals surface area contributed by atoms with E-state index < -0.39 is 0 Å². The van der Waals surface area contributed by atoms with E-state index in [1.54, 1.807) is 0 Å². The van der Waals surface area contributed by atoms with Crippen LogP contribution in [-0.2, 0) is 0 Å². The maximum atomic E-state index is 4.82. The number of hydrogen-bond donors (Lipinski definition) is 2. The Morgan fingerprint density at radius 1 is 0.581 bits per heavy atom. The van der Waals surface area contributed by atoms with Gasteiger partial charge < -0.3 is 5.32 Å². The number of nitrogens with zero attached hydrogens (tertiary/aromatic N) is 1. The highest BCUT2D eigenvalue weighted by Gasteiger charge is 2.21. The molecule has 2 unspecified atom stereocenters. The van der Waals surface area contributed by atoms with Crippen LogP contribution in [0.5, 0.6) is 0 Å². The van der Waals surface area contributed by atoms with Crippen molar-refractivity contribution < 1.29 is 0 Å². The Morgan fingerprint density at radius 2 is 1.10 bits per heavy atom. The van der Waals surface area contributed by atoms with Gasteiger partial charge in [-0.3, -0.25) is 5.32 Å². The zero-order valence-electron chi connectivity index (χ0n) is 17.5. The van der Waals surface area contributed by atoms with Crippen molar-refractivity contribution in [2.75, 3.05) is 0 Å². The SMILES string of the molecule is CC1N=C(c2cccc(-c3cccc(-c4ccccc4)c3)c2)NC(c2ccccc2)N1. The molecule has 0 spiro atoms. The van der Waals surface area contributed by atoms with Crippen LogP contribution in [0.3, 0.4) is 0 Å². The second-order valence-corrected chi connectivity index (χ2v) is 7.84. The van der Waals surface area contributed by atoms with Gasteiger partial charge in [0.05, 0.1) is 0 Å². The number of rotatable bonds is 4. The Morgan fingerprint density at radius 3 is 1.77 bits per heavy atom. The third-order valence-corrected chi connectivity index (χ3v) is 5.58. The third-order valence-electron chi connectivity index (χ3n) is 5.58. The minimum atomic E-state index is 0.0338. The van der Waals surface area contributed by atoms with Crippen molar-refractivity contribution in [1.29, 1.82) is 0 Å². The van der Waals surface area contributed by atoms with E-state index in [9.17, 15) is 0 Å². The molecule has 4 aromatic carbocycles. The summed E-state index contributed by atoms with van der Waals surface area (Å²) >= 11 is 0. The Bertz CT molecular complexity index is 1200. The van der Waals surface area contributed by atoms with Crippen LogP contribution in [0, 0.1) is 0 Å². The van der Waals surface area contributed by atoms with Crippen LogP contribution in [0.25, 0.3) is 22.3 Å². The Labute approximate surface area is 183 Å². The lowest BCUT2D eigenvalue weighted by Gasteiger charge is -2.30. The standard InChI is InChI=1S/C28H25N3/c1-20-29-27(22-12-6-3-7-13-22)31-28(30-20)26-17-9-16-25(19-26)24-15-8-14-23(18-24)21-10-4-2-5-11-21/h2-20,27,29H,1H3,(H,30,31). The summed E-state index contributed by atoms with van der Waals surface area (Å²) in [5.41, 5.74) is 7.13. The molecule has 31 heavy (non-hydrogen) atoms. The van der Waals surface area contributed by atoms with Crippen LogP contribution in [0.1, 0.15) is 24.2 Å². The van der Waals surface area contributed by atoms with Crippen molar-refractivity contribution in [3.8, 4) is 22.3 Å². The normalized spacial score (nSPS) is 18.2. The summed E-state index contributed by atoms with van der Waals surface area (Å²) in [7, 11) is 0. The molecule has 3 heteroatoms. The molecule has 4 aromatic rings. The van der Waals surface area contributed by atoms with Crippen molar-refractivity contribution >= 4 is 5.84 Å². The summed E-state index contributed by atoms with van der Waals surface area (Å²) in [6.07, 6.45) is 0.0697. The molecular weight excluding hydrogens is 378 g/mol. The van der Waals surface area contributed by atoms with Crippen LogP contribution in [0.15, 0.2) is 114 Å². The van der Waals surface area contributed by atoms with Gasteiger partial charge in [0.2, 0.25) is 0 Å². The predicted octanol–water partition coefficient (Wildman–Crippen LogP) is 6.00. The van der Waals surface area contributed by atoms with Gasteiger partial charge in [0.15, 0.2) is 0 Å². The molecule has 0 amide bonds. The van der Waals surface area contributed by atoms with Gasteiger partial charge in [-0.2, -0.15) is 0 Å². The van der Waals surface area contributed by atoms with Gasteiger partial charge in [0.25, 0.3) is 0 Å². The number of benzene rings is 4. The fraction of sp³-hybridized carbons (Fsp3) is 0.107. The molecule has 152 valence electrons. The monoisotopic (exact) mass is 403 g/mol. The molecule has 5 rings (SSSR count). The van der Waals surface area contributed by atoms with E-state index in [0.717, 1.165) is 11.4 Å². The molecule has 1 heterocycles. The van der Waals surface area contributed by atoms with Crippen molar-refractivity contribution in [1.82, 2.24) is 10.6 Å². The van der Waals surface area contributed by atoms with Gasteiger partial charge in [-0.05, 0) is 46.9 Å². The lowest BCUT2D eigenvalue weighted by molar-refractivity contribution is 0.419. The number of nitrogens with one attached hydrogen (secondary N) is 2. The van der Waals surface area contributed by atoms with Crippen molar-refractivity contribution in [2.45, 2.75) is 19.3 Å². The Balaban J connectivity index is 1.46. The summed E-state index contributed by atoms with van der Waals surface area (Å²) < 4.78 is 0. The zero-order valence-corrected chi connectivity index (χ0v) is 17.5. The molecule has 3 nitrogen and oxygen atoms in total. The van der Waals surface area contributed by atoms with E-state index in [0.29, 0.717) is 0 Å². The number of aliphatic imine (C=N–C) groups is 1. The maximum Gasteiger partial charge on any atom is 0.131 e. The van der Waals surface area contributed by atoms with E-state index in [1.807, 2.05) is 12.1 Å². The molecular formula is C28H25N3. The largest absolute Gasteiger partial charge is 0.350 e. The topological polar surface area (TPSA) is 36.4 Å². The van der Waals surface area contributed by atoms with Crippen molar-refractivity contribution in [3.63, 3.8) is 0 Å². The summed E-state index contributed by atoms with van der Waals surface area (Å²) in [6, 6.07) is 38.2. The summed E-state index contributed by atoms with van der Waals surface area (Å²) in [6.45, 7) is 2.09. The first-order valence-electron chi connectivity index (χ1n) is 10.7. The van der Waals surface area contributed by atoms with Crippen LogP contribution in [-0.4, -0.2) is 12.0 Å². The minimum Gasteiger partial charge on any atom is -0.350 e. The quantitative estimate of drug-likeness (QED) is 0.438. The van der Waals surface area contributed by atoms with E-state index in [1.165, 1.54) is 27.8 Å².